The van der Waals surface area contributed by atoms with Crippen LogP contribution in [0.15, 0.2) is 48.5 Å². The fraction of sp³-hybridized carbons (Fsp3) is 0.409. The highest BCUT2D eigenvalue weighted by Gasteiger charge is 2.05. The van der Waals surface area contributed by atoms with Gasteiger partial charge < -0.3 is 10.1 Å². The number of aryl methyl sites for hydroxylation is 2. The summed E-state index contributed by atoms with van der Waals surface area (Å²) in [5.74, 6) is 1.05. The minimum atomic E-state index is 0.0831. The van der Waals surface area contributed by atoms with Gasteiger partial charge in [0.25, 0.3) is 0 Å². The average Bonchev–Trinajstić information content (AvgIpc) is 2.65. The Morgan fingerprint density at radius 1 is 1.00 bits per heavy atom. The quantitative estimate of drug-likeness (QED) is 0.654. The lowest BCUT2D eigenvalue weighted by molar-refractivity contribution is -0.120. The molecule has 0 saturated heterocycles. The number of carbonyl (C=O) groups excluding carboxylic acids is 1. The second-order valence-electron chi connectivity index (χ2n) is 6.26. The van der Waals surface area contributed by atoms with Crippen LogP contribution in [0.25, 0.3) is 0 Å². The maximum Gasteiger partial charge on any atom is 0.224 e. The SMILES string of the molecule is CCCOc1ccccc1CCCNC(=O)Cc1ccc(CC)cc1. The first-order valence-corrected chi connectivity index (χ1v) is 9.28. The van der Waals surface area contributed by atoms with E-state index in [9.17, 15) is 4.79 Å². The summed E-state index contributed by atoms with van der Waals surface area (Å²) in [6, 6.07) is 16.4. The Kier molecular flexibility index (Phi) is 8.03. The van der Waals surface area contributed by atoms with Crippen molar-refractivity contribution in [2.45, 2.75) is 46.0 Å². The van der Waals surface area contributed by atoms with Crippen molar-refractivity contribution in [2.75, 3.05) is 13.2 Å². The lowest BCUT2D eigenvalue weighted by atomic mass is 10.1. The third kappa shape index (κ3) is 6.61. The van der Waals surface area contributed by atoms with Crippen LogP contribution in [0.4, 0.5) is 0 Å². The van der Waals surface area contributed by atoms with E-state index in [1.165, 1.54) is 11.1 Å². The van der Waals surface area contributed by atoms with Crippen molar-refractivity contribution in [3.8, 4) is 5.75 Å². The van der Waals surface area contributed by atoms with Crippen LogP contribution in [0, 0.1) is 0 Å². The highest BCUT2D eigenvalue weighted by Crippen LogP contribution is 2.19. The summed E-state index contributed by atoms with van der Waals surface area (Å²) in [6.07, 6.45) is 4.29. The molecule has 0 aliphatic carbocycles. The van der Waals surface area contributed by atoms with Gasteiger partial charge in [0.1, 0.15) is 5.75 Å². The minimum Gasteiger partial charge on any atom is -0.493 e. The third-order valence-electron chi connectivity index (χ3n) is 4.18. The Hall–Kier alpha value is -2.29. The molecule has 3 heteroatoms. The van der Waals surface area contributed by atoms with Crippen LogP contribution in [-0.4, -0.2) is 19.1 Å². The number of hydrogen-bond acceptors (Lipinski definition) is 2. The molecule has 0 aliphatic heterocycles. The molecule has 25 heavy (non-hydrogen) atoms. The molecule has 2 aromatic rings. The average molecular weight is 339 g/mol. The molecule has 134 valence electrons. The third-order valence-corrected chi connectivity index (χ3v) is 4.18. The van der Waals surface area contributed by atoms with Crippen LogP contribution in [0.2, 0.25) is 0 Å². The Morgan fingerprint density at radius 3 is 2.44 bits per heavy atom. The van der Waals surface area contributed by atoms with Crippen LogP contribution < -0.4 is 10.1 Å². The molecule has 1 amide bonds. The smallest absolute Gasteiger partial charge is 0.224 e. The van der Waals surface area contributed by atoms with Crippen molar-refractivity contribution < 1.29 is 9.53 Å². The summed E-state index contributed by atoms with van der Waals surface area (Å²) in [6.45, 7) is 5.67. The number of rotatable bonds is 10. The number of ether oxygens (including phenoxy) is 1. The molecule has 0 bridgehead atoms. The van der Waals surface area contributed by atoms with Gasteiger partial charge in [0.15, 0.2) is 0 Å². The molecule has 2 aromatic carbocycles. The molecule has 0 radical (unpaired) electrons. The van der Waals surface area contributed by atoms with Gasteiger partial charge in [-0.15, -0.1) is 0 Å². The van der Waals surface area contributed by atoms with Crippen molar-refractivity contribution in [2.24, 2.45) is 0 Å². The van der Waals surface area contributed by atoms with Crippen LogP contribution in [-0.2, 0) is 24.1 Å². The van der Waals surface area contributed by atoms with Crippen LogP contribution in [0.5, 0.6) is 5.75 Å². The van der Waals surface area contributed by atoms with Crippen molar-refractivity contribution in [3.63, 3.8) is 0 Å². The van der Waals surface area contributed by atoms with Gasteiger partial charge in [-0.3, -0.25) is 4.79 Å². The van der Waals surface area contributed by atoms with Gasteiger partial charge in [-0.05, 0) is 48.4 Å². The predicted octanol–water partition coefficient (Wildman–Crippen LogP) is 4.33. The van der Waals surface area contributed by atoms with Gasteiger partial charge in [-0.1, -0.05) is 56.3 Å². The standard InChI is InChI=1S/C22H29NO2/c1-3-16-25-21-10-6-5-8-20(21)9-7-15-23-22(24)17-19-13-11-18(4-2)12-14-19/h5-6,8,10-14H,3-4,7,9,15-17H2,1-2H3,(H,23,24). The second-order valence-corrected chi connectivity index (χ2v) is 6.26. The maximum absolute atomic E-state index is 12.1. The first kappa shape index (κ1) is 19.0. The van der Waals surface area contributed by atoms with E-state index in [0.29, 0.717) is 13.0 Å². The summed E-state index contributed by atoms with van der Waals surface area (Å²) in [7, 11) is 0. The van der Waals surface area contributed by atoms with E-state index >= 15 is 0 Å². The monoisotopic (exact) mass is 339 g/mol. The molecule has 0 saturated carbocycles. The Morgan fingerprint density at radius 2 is 1.72 bits per heavy atom. The van der Waals surface area contributed by atoms with Crippen molar-refractivity contribution in [3.05, 3.63) is 65.2 Å². The molecule has 2 rings (SSSR count). The van der Waals surface area contributed by atoms with Gasteiger partial charge in [-0.25, -0.2) is 0 Å². The fourth-order valence-corrected chi connectivity index (χ4v) is 2.71. The maximum atomic E-state index is 12.1. The number of hydrogen-bond donors (Lipinski definition) is 1. The van der Waals surface area contributed by atoms with Gasteiger partial charge in [0.05, 0.1) is 13.0 Å². The van der Waals surface area contributed by atoms with Crippen LogP contribution in [0.3, 0.4) is 0 Å². The van der Waals surface area contributed by atoms with Crippen molar-refractivity contribution >= 4 is 5.91 Å². The fourth-order valence-electron chi connectivity index (χ4n) is 2.71. The Labute approximate surface area is 151 Å². The zero-order valence-electron chi connectivity index (χ0n) is 15.4. The molecule has 0 spiro atoms. The second kappa shape index (κ2) is 10.5. The number of benzene rings is 2. The van der Waals surface area contributed by atoms with E-state index in [-0.39, 0.29) is 5.91 Å². The van der Waals surface area contributed by atoms with Gasteiger partial charge in [0.2, 0.25) is 5.91 Å². The molecule has 0 unspecified atom stereocenters. The molecular weight excluding hydrogens is 310 g/mol. The molecule has 0 aromatic heterocycles. The van der Waals surface area contributed by atoms with Gasteiger partial charge in [-0.2, -0.15) is 0 Å². The summed E-state index contributed by atoms with van der Waals surface area (Å²) >= 11 is 0. The Bertz CT molecular complexity index is 649. The number of para-hydroxylation sites is 1. The van der Waals surface area contributed by atoms with E-state index in [0.717, 1.165) is 43.6 Å². The molecule has 3 nitrogen and oxygen atoms in total. The molecule has 0 heterocycles. The first-order valence-electron chi connectivity index (χ1n) is 9.28. The highest BCUT2D eigenvalue weighted by atomic mass is 16.5. The van der Waals surface area contributed by atoms with Crippen molar-refractivity contribution in [1.29, 1.82) is 0 Å². The molecule has 0 fully saturated rings. The van der Waals surface area contributed by atoms with E-state index in [1.54, 1.807) is 0 Å². The summed E-state index contributed by atoms with van der Waals surface area (Å²) < 4.78 is 5.77. The number of nitrogens with one attached hydrogen (secondary N) is 1. The topological polar surface area (TPSA) is 38.3 Å². The molecule has 0 atom stereocenters. The largest absolute Gasteiger partial charge is 0.493 e. The summed E-state index contributed by atoms with van der Waals surface area (Å²) in [5.41, 5.74) is 3.57. The van der Waals surface area contributed by atoms with E-state index < -0.39 is 0 Å². The summed E-state index contributed by atoms with van der Waals surface area (Å²) in [5, 5.41) is 3.01. The van der Waals surface area contributed by atoms with Gasteiger partial charge >= 0.3 is 0 Å². The molecular formula is C22H29NO2. The van der Waals surface area contributed by atoms with E-state index in [2.05, 4.69) is 37.4 Å². The van der Waals surface area contributed by atoms with E-state index in [4.69, 9.17) is 4.74 Å². The van der Waals surface area contributed by atoms with Crippen LogP contribution in [0.1, 0.15) is 43.4 Å². The van der Waals surface area contributed by atoms with Gasteiger partial charge in [0, 0.05) is 6.54 Å². The lowest BCUT2D eigenvalue weighted by Gasteiger charge is -2.11. The lowest BCUT2D eigenvalue weighted by Crippen LogP contribution is -2.26. The van der Waals surface area contributed by atoms with Crippen molar-refractivity contribution in [1.82, 2.24) is 5.32 Å². The molecule has 0 aliphatic rings. The molecule has 1 N–H and O–H groups in total. The minimum absolute atomic E-state index is 0.0831. The predicted molar refractivity (Wildman–Crippen MR) is 103 cm³/mol. The number of carbonyl (C=O) groups is 1. The zero-order valence-corrected chi connectivity index (χ0v) is 15.4. The highest BCUT2D eigenvalue weighted by molar-refractivity contribution is 5.78. The first-order chi connectivity index (χ1) is 12.2. The zero-order chi connectivity index (χ0) is 17.9. The summed E-state index contributed by atoms with van der Waals surface area (Å²) in [4.78, 5) is 12.1. The van der Waals surface area contributed by atoms with E-state index in [1.807, 2.05) is 30.3 Å². The van der Waals surface area contributed by atoms with Crippen LogP contribution >= 0.6 is 0 Å². The Balaban J connectivity index is 1.72. The normalized spacial score (nSPS) is 10.5. The number of amides is 1.